The molecule has 1 radical (unpaired) electrons. The molecule has 2 aromatic carbocycles. The standard InChI is InChI=1S/C21H22F3N4O/c1-5-25-16-9-14(8-15(10-16)21(22,23)24)12(2)26-20-18-11-17(29-4)6-7-19(18)27-13(3)28-20/h7-12,25H,5H2,1-4H3,(H,26,27,28)/t12-/m1/s1. The third kappa shape index (κ3) is 4.70. The molecule has 0 saturated heterocycles. The van der Waals surface area contributed by atoms with Gasteiger partial charge in [-0.15, -0.1) is 0 Å². The van der Waals surface area contributed by atoms with Crippen LogP contribution in [0.5, 0.6) is 5.75 Å². The Morgan fingerprint density at radius 3 is 2.59 bits per heavy atom. The SMILES string of the molecule is CCNc1cc([C@@H](C)Nc2nc(C)nc3c[c]c(OC)cc23)cc(C(F)(F)F)c1. The molecule has 1 atom stereocenters. The highest BCUT2D eigenvalue weighted by Gasteiger charge is 2.31. The summed E-state index contributed by atoms with van der Waals surface area (Å²) in [4.78, 5) is 8.82. The van der Waals surface area contributed by atoms with Gasteiger partial charge in [-0.05, 0) is 56.7 Å². The predicted molar refractivity (Wildman–Crippen MR) is 107 cm³/mol. The molecule has 3 aromatic rings. The Balaban J connectivity index is 2.02. The molecule has 2 N–H and O–H groups in total. The van der Waals surface area contributed by atoms with Crippen LogP contribution < -0.4 is 15.4 Å². The molecule has 5 nitrogen and oxygen atoms in total. The molecule has 0 saturated carbocycles. The predicted octanol–water partition coefficient (Wildman–Crippen LogP) is 5.37. The number of nitrogens with one attached hydrogen (secondary N) is 2. The van der Waals surface area contributed by atoms with Gasteiger partial charge in [0.1, 0.15) is 17.4 Å². The first-order chi connectivity index (χ1) is 13.7. The maximum atomic E-state index is 13.3. The number of hydrogen-bond donors (Lipinski definition) is 2. The first-order valence-corrected chi connectivity index (χ1v) is 9.18. The lowest BCUT2D eigenvalue weighted by atomic mass is 10.0. The van der Waals surface area contributed by atoms with Gasteiger partial charge in [0.25, 0.3) is 0 Å². The van der Waals surface area contributed by atoms with Crippen molar-refractivity contribution in [1.82, 2.24) is 9.97 Å². The number of fused-ring (bicyclic) bond motifs is 1. The van der Waals surface area contributed by atoms with E-state index in [1.54, 1.807) is 32.0 Å². The summed E-state index contributed by atoms with van der Waals surface area (Å²) in [6, 6.07) is 9.98. The number of aromatic nitrogens is 2. The number of rotatable bonds is 6. The smallest absolute Gasteiger partial charge is 0.416 e. The topological polar surface area (TPSA) is 59.1 Å². The van der Waals surface area contributed by atoms with Gasteiger partial charge < -0.3 is 15.4 Å². The monoisotopic (exact) mass is 403 g/mol. The van der Waals surface area contributed by atoms with Gasteiger partial charge in [-0.1, -0.05) is 0 Å². The summed E-state index contributed by atoms with van der Waals surface area (Å²) in [6.07, 6.45) is -4.43. The van der Waals surface area contributed by atoms with E-state index < -0.39 is 17.8 Å². The largest absolute Gasteiger partial charge is 0.496 e. The van der Waals surface area contributed by atoms with Crippen LogP contribution in [-0.4, -0.2) is 23.6 Å². The summed E-state index contributed by atoms with van der Waals surface area (Å²) in [6.45, 7) is 5.91. The van der Waals surface area contributed by atoms with E-state index in [-0.39, 0.29) is 0 Å². The van der Waals surface area contributed by atoms with Crippen LogP contribution in [0.3, 0.4) is 0 Å². The molecular weight excluding hydrogens is 381 g/mol. The van der Waals surface area contributed by atoms with Crippen molar-refractivity contribution in [1.29, 1.82) is 0 Å². The minimum atomic E-state index is -4.43. The lowest BCUT2D eigenvalue weighted by Crippen LogP contribution is -2.13. The van der Waals surface area contributed by atoms with Gasteiger partial charge >= 0.3 is 6.18 Å². The highest BCUT2D eigenvalue weighted by Crippen LogP contribution is 2.34. The average molecular weight is 403 g/mol. The second-order valence-electron chi connectivity index (χ2n) is 6.66. The van der Waals surface area contributed by atoms with Crippen LogP contribution in [0.15, 0.2) is 30.3 Å². The van der Waals surface area contributed by atoms with Crippen molar-refractivity contribution in [3.8, 4) is 5.75 Å². The number of hydrogen-bond acceptors (Lipinski definition) is 5. The summed E-state index contributed by atoms with van der Waals surface area (Å²) < 4.78 is 45.2. The van der Waals surface area contributed by atoms with Crippen LogP contribution in [0, 0.1) is 13.0 Å². The molecule has 0 unspecified atom stereocenters. The van der Waals surface area contributed by atoms with Crippen LogP contribution in [0.4, 0.5) is 24.7 Å². The molecular formula is C21H22F3N4O. The van der Waals surface area contributed by atoms with Gasteiger partial charge in [0.15, 0.2) is 0 Å². The molecule has 3 rings (SSSR count). The zero-order valence-corrected chi connectivity index (χ0v) is 16.6. The number of methoxy groups -OCH3 is 1. The van der Waals surface area contributed by atoms with Crippen LogP contribution in [0.25, 0.3) is 10.9 Å². The Morgan fingerprint density at radius 2 is 1.93 bits per heavy atom. The van der Waals surface area contributed by atoms with Crippen molar-refractivity contribution in [3.63, 3.8) is 0 Å². The third-order valence-corrected chi connectivity index (χ3v) is 4.45. The number of halogens is 3. The molecule has 0 bridgehead atoms. The molecule has 0 aliphatic heterocycles. The maximum absolute atomic E-state index is 13.3. The number of aryl methyl sites for hydroxylation is 1. The van der Waals surface area contributed by atoms with E-state index in [2.05, 4.69) is 26.7 Å². The first kappa shape index (κ1) is 20.7. The number of nitrogens with zero attached hydrogens (tertiary/aromatic N) is 2. The van der Waals surface area contributed by atoms with Crippen molar-refractivity contribution in [2.24, 2.45) is 0 Å². The van der Waals surface area contributed by atoms with Crippen LogP contribution >= 0.6 is 0 Å². The highest BCUT2D eigenvalue weighted by atomic mass is 19.4. The number of benzene rings is 2. The van der Waals surface area contributed by atoms with Crippen molar-refractivity contribution in [3.05, 3.63) is 53.3 Å². The van der Waals surface area contributed by atoms with E-state index >= 15 is 0 Å². The van der Waals surface area contributed by atoms with Crippen LogP contribution in [-0.2, 0) is 6.18 Å². The van der Waals surface area contributed by atoms with E-state index in [1.165, 1.54) is 7.11 Å². The van der Waals surface area contributed by atoms with E-state index in [4.69, 9.17) is 4.74 Å². The summed E-state index contributed by atoms with van der Waals surface area (Å²) in [5.74, 6) is 1.59. The van der Waals surface area contributed by atoms with Gasteiger partial charge in [-0.3, -0.25) is 0 Å². The zero-order valence-electron chi connectivity index (χ0n) is 16.6. The Hall–Kier alpha value is -3.03. The molecule has 153 valence electrons. The Kier molecular flexibility index (Phi) is 5.81. The summed E-state index contributed by atoms with van der Waals surface area (Å²) in [5.41, 5.74) is 0.894. The lowest BCUT2D eigenvalue weighted by Gasteiger charge is -2.20. The first-order valence-electron chi connectivity index (χ1n) is 9.18. The Labute approximate surface area is 167 Å². The van der Waals surface area contributed by atoms with Gasteiger partial charge in [0, 0.05) is 23.7 Å². The molecule has 29 heavy (non-hydrogen) atoms. The molecule has 0 aliphatic carbocycles. The second-order valence-corrected chi connectivity index (χ2v) is 6.66. The van der Waals surface area contributed by atoms with E-state index in [0.29, 0.717) is 46.1 Å². The van der Waals surface area contributed by atoms with Crippen molar-refractivity contribution >= 4 is 22.4 Å². The van der Waals surface area contributed by atoms with E-state index in [1.807, 2.05) is 6.92 Å². The summed E-state index contributed by atoms with van der Waals surface area (Å²) in [7, 11) is 1.54. The molecule has 1 aromatic heterocycles. The molecule has 8 heteroatoms. The fourth-order valence-corrected chi connectivity index (χ4v) is 3.06. The summed E-state index contributed by atoms with van der Waals surface area (Å²) in [5, 5.41) is 6.89. The highest BCUT2D eigenvalue weighted by molar-refractivity contribution is 5.90. The average Bonchev–Trinajstić information content (AvgIpc) is 2.67. The van der Waals surface area contributed by atoms with Crippen LogP contribution in [0.2, 0.25) is 0 Å². The quantitative estimate of drug-likeness (QED) is 0.579. The van der Waals surface area contributed by atoms with Gasteiger partial charge in [0.2, 0.25) is 0 Å². The zero-order chi connectivity index (χ0) is 21.2. The van der Waals surface area contributed by atoms with Crippen LogP contribution in [0.1, 0.15) is 36.8 Å². The minimum absolute atomic E-state index is 0.422. The van der Waals surface area contributed by atoms with Gasteiger partial charge in [0.05, 0.1) is 24.2 Å². The Bertz CT molecular complexity index is 1020. The fourth-order valence-electron chi connectivity index (χ4n) is 3.06. The summed E-state index contributed by atoms with van der Waals surface area (Å²) >= 11 is 0. The normalized spacial score (nSPS) is 12.7. The van der Waals surface area contributed by atoms with Crippen molar-refractivity contribution < 1.29 is 17.9 Å². The molecule has 0 spiro atoms. The number of alkyl halides is 3. The molecule has 1 heterocycles. The Morgan fingerprint density at radius 1 is 1.17 bits per heavy atom. The van der Waals surface area contributed by atoms with Gasteiger partial charge in [-0.25, -0.2) is 9.97 Å². The number of anilines is 2. The lowest BCUT2D eigenvalue weighted by molar-refractivity contribution is -0.137. The molecule has 0 aliphatic rings. The molecule has 0 amide bonds. The van der Waals surface area contributed by atoms with E-state index in [0.717, 1.165) is 12.1 Å². The maximum Gasteiger partial charge on any atom is 0.416 e. The molecule has 0 fully saturated rings. The van der Waals surface area contributed by atoms with E-state index in [9.17, 15) is 13.2 Å². The van der Waals surface area contributed by atoms with Gasteiger partial charge in [-0.2, -0.15) is 13.2 Å². The van der Waals surface area contributed by atoms with Crippen molar-refractivity contribution in [2.45, 2.75) is 33.0 Å². The fraction of sp³-hybridized carbons (Fsp3) is 0.333. The third-order valence-electron chi connectivity index (χ3n) is 4.45. The van der Waals surface area contributed by atoms with Crippen molar-refractivity contribution in [2.75, 3.05) is 24.3 Å². The second kappa shape index (κ2) is 8.14. The number of ether oxygens (including phenoxy) is 1. The minimum Gasteiger partial charge on any atom is -0.496 e.